The van der Waals surface area contributed by atoms with Crippen LogP contribution in [0.3, 0.4) is 0 Å². The average Bonchev–Trinajstić information content (AvgIpc) is 2.29. The van der Waals surface area contributed by atoms with Crippen LogP contribution in [-0.4, -0.2) is 16.9 Å². The topological polar surface area (TPSA) is 54.4 Å². The lowest BCUT2D eigenvalue weighted by atomic mass is 9.88. The molecule has 0 aliphatic rings. The van der Waals surface area contributed by atoms with Crippen molar-refractivity contribution in [2.75, 3.05) is 0 Å². The van der Waals surface area contributed by atoms with Crippen LogP contribution in [0.2, 0.25) is 5.02 Å². The standard InChI is InChI=1S/C12H12ClFO3/c1-6(7(2)12(16)17)11(15)9-5-8(13)3-4-10(9)14/h3-7H,1-2H3,(H,16,17). The van der Waals surface area contributed by atoms with Crippen molar-refractivity contribution in [2.45, 2.75) is 13.8 Å². The molecular formula is C12H12ClFO3. The summed E-state index contributed by atoms with van der Waals surface area (Å²) in [5.74, 6) is -4.02. The van der Waals surface area contributed by atoms with Crippen molar-refractivity contribution in [1.82, 2.24) is 0 Å². The number of carbonyl (C=O) groups excluding carboxylic acids is 1. The summed E-state index contributed by atoms with van der Waals surface area (Å²) >= 11 is 5.67. The Morgan fingerprint density at radius 3 is 2.41 bits per heavy atom. The number of aliphatic carboxylic acids is 1. The number of rotatable bonds is 4. The molecule has 0 amide bonds. The molecule has 0 radical (unpaired) electrons. The Labute approximate surface area is 103 Å². The van der Waals surface area contributed by atoms with Crippen molar-refractivity contribution in [3.8, 4) is 0 Å². The number of carboxylic acids is 1. The van der Waals surface area contributed by atoms with Gasteiger partial charge in [0, 0.05) is 10.9 Å². The molecule has 2 atom stereocenters. The molecule has 17 heavy (non-hydrogen) atoms. The predicted octanol–water partition coefficient (Wildman–Crippen LogP) is 3.02. The van der Waals surface area contributed by atoms with Crippen LogP contribution in [0.5, 0.6) is 0 Å². The van der Waals surface area contributed by atoms with E-state index in [1.807, 2.05) is 0 Å². The fourth-order valence-corrected chi connectivity index (χ4v) is 1.54. The van der Waals surface area contributed by atoms with Gasteiger partial charge in [0.1, 0.15) is 5.82 Å². The molecule has 0 spiro atoms. The maximum absolute atomic E-state index is 13.4. The molecule has 1 N–H and O–H groups in total. The molecule has 92 valence electrons. The summed E-state index contributed by atoms with van der Waals surface area (Å²) in [5.41, 5.74) is -0.168. The number of benzene rings is 1. The predicted molar refractivity (Wildman–Crippen MR) is 61.7 cm³/mol. The van der Waals surface area contributed by atoms with Crippen molar-refractivity contribution in [3.05, 3.63) is 34.6 Å². The Balaban J connectivity index is 3.04. The van der Waals surface area contributed by atoms with Gasteiger partial charge in [-0.3, -0.25) is 9.59 Å². The number of hydrogen-bond donors (Lipinski definition) is 1. The van der Waals surface area contributed by atoms with Crippen LogP contribution in [0.1, 0.15) is 24.2 Å². The molecular weight excluding hydrogens is 247 g/mol. The van der Waals surface area contributed by atoms with Gasteiger partial charge in [0.05, 0.1) is 11.5 Å². The first-order chi connectivity index (χ1) is 7.84. The maximum Gasteiger partial charge on any atom is 0.306 e. The van der Waals surface area contributed by atoms with Gasteiger partial charge in [0.2, 0.25) is 0 Å². The van der Waals surface area contributed by atoms with Gasteiger partial charge in [-0.25, -0.2) is 4.39 Å². The fourth-order valence-electron chi connectivity index (χ4n) is 1.37. The molecule has 1 aromatic carbocycles. The van der Waals surface area contributed by atoms with Crippen LogP contribution in [0.15, 0.2) is 18.2 Å². The van der Waals surface area contributed by atoms with Gasteiger partial charge >= 0.3 is 5.97 Å². The molecule has 0 aliphatic carbocycles. The summed E-state index contributed by atoms with van der Waals surface area (Å²) in [6.07, 6.45) is 0. The Bertz CT molecular complexity index is 459. The van der Waals surface area contributed by atoms with Gasteiger partial charge in [-0.15, -0.1) is 0 Å². The zero-order chi connectivity index (χ0) is 13.2. The van der Waals surface area contributed by atoms with E-state index in [1.54, 1.807) is 0 Å². The first-order valence-corrected chi connectivity index (χ1v) is 5.44. The second-order valence-electron chi connectivity index (χ2n) is 3.90. The van der Waals surface area contributed by atoms with E-state index in [4.69, 9.17) is 16.7 Å². The fraction of sp³-hybridized carbons (Fsp3) is 0.333. The molecule has 0 bridgehead atoms. The van der Waals surface area contributed by atoms with Crippen molar-refractivity contribution in [1.29, 1.82) is 0 Å². The number of carbonyl (C=O) groups is 2. The van der Waals surface area contributed by atoms with Gasteiger partial charge in [-0.2, -0.15) is 0 Å². The quantitative estimate of drug-likeness (QED) is 0.845. The maximum atomic E-state index is 13.4. The minimum atomic E-state index is -1.09. The zero-order valence-electron chi connectivity index (χ0n) is 9.41. The lowest BCUT2D eigenvalue weighted by molar-refractivity contribution is -0.142. The van der Waals surface area contributed by atoms with Gasteiger partial charge < -0.3 is 5.11 Å². The van der Waals surface area contributed by atoms with Crippen molar-refractivity contribution < 1.29 is 19.1 Å². The highest BCUT2D eigenvalue weighted by atomic mass is 35.5. The first-order valence-electron chi connectivity index (χ1n) is 5.06. The lowest BCUT2D eigenvalue weighted by Gasteiger charge is -2.15. The Morgan fingerprint density at radius 2 is 1.88 bits per heavy atom. The number of hydrogen-bond acceptors (Lipinski definition) is 2. The summed E-state index contributed by atoms with van der Waals surface area (Å²) in [5, 5.41) is 9.04. The third-order valence-corrected chi connectivity index (χ3v) is 2.98. The van der Waals surface area contributed by atoms with Crippen molar-refractivity contribution in [2.24, 2.45) is 11.8 Å². The molecule has 0 aromatic heterocycles. The van der Waals surface area contributed by atoms with Gasteiger partial charge in [-0.1, -0.05) is 25.4 Å². The Morgan fingerprint density at radius 1 is 1.29 bits per heavy atom. The molecule has 0 saturated carbocycles. The lowest BCUT2D eigenvalue weighted by Crippen LogP contribution is -2.26. The van der Waals surface area contributed by atoms with Crippen molar-refractivity contribution in [3.63, 3.8) is 0 Å². The van der Waals surface area contributed by atoms with Crippen LogP contribution in [-0.2, 0) is 4.79 Å². The third kappa shape index (κ3) is 3.03. The molecule has 0 aliphatic heterocycles. The minimum Gasteiger partial charge on any atom is -0.481 e. The van der Waals surface area contributed by atoms with Gasteiger partial charge in [-0.05, 0) is 18.2 Å². The van der Waals surface area contributed by atoms with E-state index in [-0.39, 0.29) is 10.6 Å². The molecule has 1 rings (SSSR count). The smallest absolute Gasteiger partial charge is 0.306 e. The summed E-state index contributed by atoms with van der Waals surface area (Å²) in [6.45, 7) is 2.87. The van der Waals surface area contributed by atoms with E-state index in [9.17, 15) is 14.0 Å². The summed E-state index contributed by atoms with van der Waals surface area (Å²) < 4.78 is 13.4. The van der Waals surface area contributed by atoms with E-state index in [2.05, 4.69) is 0 Å². The highest BCUT2D eigenvalue weighted by Crippen LogP contribution is 2.22. The number of carboxylic acid groups (broad SMARTS) is 1. The second kappa shape index (κ2) is 5.27. The summed E-state index contributed by atoms with van der Waals surface area (Å²) in [4.78, 5) is 22.7. The van der Waals surface area contributed by atoms with E-state index >= 15 is 0 Å². The van der Waals surface area contributed by atoms with E-state index < -0.39 is 29.4 Å². The Kier molecular flexibility index (Phi) is 4.23. The zero-order valence-corrected chi connectivity index (χ0v) is 10.2. The largest absolute Gasteiger partial charge is 0.481 e. The molecule has 0 saturated heterocycles. The molecule has 2 unspecified atom stereocenters. The first kappa shape index (κ1) is 13.6. The molecule has 0 heterocycles. The SMILES string of the molecule is CC(C(=O)O)C(C)C(=O)c1cc(Cl)ccc1F. The van der Waals surface area contributed by atoms with E-state index in [0.29, 0.717) is 0 Å². The van der Waals surface area contributed by atoms with E-state index in [0.717, 1.165) is 6.07 Å². The van der Waals surface area contributed by atoms with Crippen LogP contribution in [0.25, 0.3) is 0 Å². The highest BCUT2D eigenvalue weighted by Gasteiger charge is 2.28. The molecule has 3 nitrogen and oxygen atoms in total. The second-order valence-corrected chi connectivity index (χ2v) is 4.34. The minimum absolute atomic E-state index is 0.168. The normalized spacial score (nSPS) is 14.1. The molecule has 1 aromatic rings. The molecule has 5 heteroatoms. The number of halogens is 2. The number of ketones is 1. The van der Waals surface area contributed by atoms with Gasteiger partial charge in [0.15, 0.2) is 5.78 Å². The van der Waals surface area contributed by atoms with Gasteiger partial charge in [0.25, 0.3) is 0 Å². The third-order valence-electron chi connectivity index (χ3n) is 2.75. The van der Waals surface area contributed by atoms with Crippen LogP contribution < -0.4 is 0 Å². The van der Waals surface area contributed by atoms with Crippen molar-refractivity contribution >= 4 is 23.4 Å². The monoisotopic (exact) mass is 258 g/mol. The van der Waals surface area contributed by atoms with E-state index in [1.165, 1.54) is 26.0 Å². The Hall–Kier alpha value is -1.42. The van der Waals surface area contributed by atoms with Crippen LogP contribution in [0.4, 0.5) is 4.39 Å². The average molecular weight is 259 g/mol. The highest BCUT2D eigenvalue weighted by molar-refractivity contribution is 6.31. The summed E-state index contributed by atoms with van der Waals surface area (Å²) in [7, 11) is 0. The summed E-state index contributed by atoms with van der Waals surface area (Å²) in [6, 6.07) is 3.64. The molecule has 0 fully saturated rings. The van der Waals surface area contributed by atoms with Crippen LogP contribution in [0, 0.1) is 17.7 Å². The number of Topliss-reactive ketones (excluding diaryl/α,β-unsaturated/α-hetero) is 1. The van der Waals surface area contributed by atoms with Crippen LogP contribution >= 0.6 is 11.6 Å².